The molecule has 0 spiro atoms. The largest absolute Gasteiger partial charge is 0.324 e. The number of benzene rings is 1. The normalized spacial score (nSPS) is 10.3. The van der Waals surface area contributed by atoms with E-state index in [0.717, 1.165) is 16.1 Å². The molecule has 0 saturated carbocycles. The quantitative estimate of drug-likeness (QED) is 0.626. The van der Waals surface area contributed by atoms with E-state index in [2.05, 4.69) is 16.9 Å². The summed E-state index contributed by atoms with van der Waals surface area (Å²) in [5.74, 6) is 0. The monoisotopic (exact) mass is 355 g/mol. The number of aromatic nitrogens is 1. The van der Waals surface area contributed by atoms with Crippen molar-refractivity contribution in [3.8, 4) is 11.3 Å². The van der Waals surface area contributed by atoms with Crippen LogP contribution < -0.4 is 5.32 Å². The predicted molar refractivity (Wildman–Crippen MR) is 101 cm³/mol. The second-order valence-corrected chi connectivity index (χ2v) is 6.97. The van der Waals surface area contributed by atoms with Crippen molar-refractivity contribution < 1.29 is 4.79 Å². The maximum Gasteiger partial charge on any atom is 0.324 e. The van der Waals surface area contributed by atoms with Crippen LogP contribution in [0.3, 0.4) is 0 Å². The summed E-state index contributed by atoms with van der Waals surface area (Å²) < 4.78 is 0. The topological polar surface area (TPSA) is 45.2 Å². The van der Waals surface area contributed by atoms with Gasteiger partial charge in [-0.1, -0.05) is 42.5 Å². The maximum atomic E-state index is 12.5. The van der Waals surface area contributed by atoms with Crippen LogP contribution in [-0.4, -0.2) is 22.5 Å². The summed E-state index contributed by atoms with van der Waals surface area (Å²) in [6, 6.07) is 13.7. The van der Waals surface area contributed by atoms with Gasteiger partial charge in [0.2, 0.25) is 0 Å². The highest BCUT2D eigenvalue weighted by atomic mass is 32.1. The van der Waals surface area contributed by atoms with Crippen molar-refractivity contribution in [2.45, 2.75) is 6.54 Å². The van der Waals surface area contributed by atoms with Crippen LogP contribution in [0.4, 0.5) is 9.93 Å². The fourth-order valence-electron chi connectivity index (χ4n) is 2.21. The van der Waals surface area contributed by atoms with Crippen LogP contribution in [0.2, 0.25) is 0 Å². The fraction of sp³-hybridized carbons (Fsp3) is 0.111. The van der Waals surface area contributed by atoms with E-state index < -0.39 is 0 Å². The summed E-state index contributed by atoms with van der Waals surface area (Å²) in [6.45, 7) is 4.78. The molecule has 0 aliphatic heterocycles. The molecule has 3 rings (SSSR count). The molecule has 0 fully saturated rings. The van der Waals surface area contributed by atoms with Gasteiger partial charge in [0.25, 0.3) is 0 Å². The van der Waals surface area contributed by atoms with Gasteiger partial charge < -0.3 is 4.90 Å². The number of anilines is 1. The molecule has 1 N–H and O–H groups in total. The van der Waals surface area contributed by atoms with Crippen LogP contribution in [0, 0.1) is 0 Å². The lowest BCUT2D eigenvalue weighted by molar-refractivity contribution is 0.215. The maximum absolute atomic E-state index is 12.5. The Morgan fingerprint density at radius 2 is 2.04 bits per heavy atom. The van der Waals surface area contributed by atoms with Crippen LogP contribution >= 0.6 is 22.7 Å². The Labute approximate surface area is 149 Å². The number of carbonyl (C=O) groups is 1. The summed E-state index contributed by atoms with van der Waals surface area (Å²) >= 11 is 3.06. The van der Waals surface area contributed by atoms with Crippen molar-refractivity contribution in [2.24, 2.45) is 0 Å². The minimum atomic E-state index is -0.169. The van der Waals surface area contributed by atoms with Crippen molar-refractivity contribution in [3.63, 3.8) is 0 Å². The Kier molecular flexibility index (Phi) is 5.40. The fourth-order valence-corrected chi connectivity index (χ4v) is 3.64. The first-order valence-electron chi connectivity index (χ1n) is 7.46. The number of thiophene rings is 1. The highest BCUT2D eigenvalue weighted by molar-refractivity contribution is 7.14. The van der Waals surface area contributed by atoms with E-state index in [9.17, 15) is 4.79 Å². The van der Waals surface area contributed by atoms with Crippen LogP contribution in [0.1, 0.15) is 4.88 Å². The van der Waals surface area contributed by atoms with Gasteiger partial charge >= 0.3 is 6.03 Å². The van der Waals surface area contributed by atoms with E-state index in [-0.39, 0.29) is 6.03 Å². The molecule has 0 atom stereocenters. The molecule has 4 nitrogen and oxygen atoms in total. The molecule has 0 unspecified atom stereocenters. The van der Waals surface area contributed by atoms with Crippen molar-refractivity contribution in [3.05, 3.63) is 70.8 Å². The first kappa shape index (κ1) is 16.4. The van der Waals surface area contributed by atoms with Gasteiger partial charge in [-0.2, -0.15) is 0 Å². The minimum Gasteiger partial charge on any atom is -0.316 e. The molecule has 6 heteroatoms. The number of hydrogen-bond donors (Lipinski definition) is 1. The van der Waals surface area contributed by atoms with Crippen molar-refractivity contribution in [2.75, 3.05) is 11.9 Å². The number of rotatable bonds is 6. The number of nitrogens with zero attached hydrogens (tertiary/aromatic N) is 2. The molecular formula is C18H17N3OS2. The highest BCUT2D eigenvalue weighted by Crippen LogP contribution is 2.25. The van der Waals surface area contributed by atoms with Gasteiger partial charge in [-0.15, -0.1) is 29.3 Å². The second-order valence-electron chi connectivity index (χ2n) is 5.08. The number of urea groups is 1. The first-order chi connectivity index (χ1) is 11.8. The minimum absolute atomic E-state index is 0.169. The second kappa shape index (κ2) is 7.90. The van der Waals surface area contributed by atoms with Gasteiger partial charge in [0, 0.05) is 22.4 Å². The van der Waals surface area contributed by atoms with Gasteiger partial charge in [-0.25, -0.2) is 9.78 Å². The Morgan fingerprint density at radius 3 is 2.75 bits per heavy atom. The zero-order valence-electron chi connectivity index (χ0n) is 13.0. The summed E-state index contributed by atoms with van der Waals surface area (Å²) in [6.07, 6.45) is 1.73. The number of nitrogens with one attached hydrogen (secondary N) is 1. The molecule has 24 heavy (non-hydrogen) atoms. The molecule has 122 valence electrons. The average Bonchev–Trinajstić information content (AvgIpc) is 3.27. The van der Waals surface area contributed by atoms with Crippen molar-refractivity contribution in [1.82, 2.24) is 9.88 Å². The highest BCUT2D eigenvalue weighted by Gasteiger charge is 2.15. The van der Waals surface area contributed by atoms with Gasteiger partial charge in [-0.3, -0.25) is 5.32 Å². The van der Waals surface area contributed by atoms with Crippen LogP contribution in [0.15, 0.2) is 65.9 Å². The third kappa shape index (κ3) is 4.10. The molecule has 0 saturated heterocycles. The van der Waals surface area contributed by atoms with E-state index in [1.807, 2.05) is 53.2 Å². The van der Waals surface area contributed by atoms with Gasteiger partial charge in [-0.05, 0) is 11.4 Å². The number of amides is 2. The SMILES string of the molecule is C=CCN(Cc1cccs1)C(=O)Nc1nc(-c2ccccc2)cs1. The van der Waals surface area contributed by atoms with E-state index in [1.165, 1.54) is 11.3 Å². The Hall–Kier alpha value is -2.44. The molecule has 0 aliphatic rings. The molecule has 2 amide bonds. The summed E-state index contributed by atoms with van der Waals surface area (Å²) in [5, 5.41) is 7.43. The van der Waals surface area contributed by atoms with Gasteiger partial charge in [0.05, 0.1) is 12.2 Å². The molecule has 0 radical (unpaired) electrons. The van der Waals surface area contributed by atoms with E-state index in [1.54, 1.807) is 22.3 Å². The van der Waals surface area contributed by atoms with E-state index in [0.29, 0.717) is 18.2 Å². The van der Waals surface area contributed by atoms with Gasteiger partial charge in [0.1, 0.15) is 0 Å². The molecular weight excluding hydrogens is 338 g/mol. The smallest absolute Gasteiger partial charge is 0.316 e. The number of thiazole rings is 1. The molecule has 1 aromatic carbocycles. The van der Waals surface area contributed by atoms with E-state index in [4.69, 9.17) is 0 Å². The lowest BCUT2D eigenvalue weighted by Crippen LogP contribution is -2.34. The van der Waals surface area contributed by atoms with Crippen molar-refractivity contribution in [1.29, 1.82) is 0 Å². The molecule has 0 aliphatic carbocycles. The number of hydrogen-bond acceptors (Lipinski definition) is 4. The predicted octanol–water partition coefficient (Wildman–Crippen LogP) is 5.09. The lowest BCUT2D eigenvalue weighted by atomic mass is 10.2. The van der Waals surface area contributed by atoms with Gasteiger partial charge in [0.15, 0.2) is 5.13 Å². The van der Waals surface area contributed by atoms with Crippen molar-refractivity contribution >= 4 is 33.8 Å². The third-order valence-corrected chi connectivity index (χ3v) is 4.97. The van der Waals surface area contributed by atoms with Crippen LogP contribution in [0.5, 0.6) is 0 Å². The lowest BCUT2D eigenvalue weighted by Gasteiger charge is -2.20. The zero-order valence-corrected chi connectivity index (χ0v) is 14.6. The molecule has 2 aromatic heterocycles. The zero-order chi connectivity index (χ0) is 16.8. The molecule has 2 heterocycles. The summed E-state index contributed by atoms with van der Waals surface area (Å²) in [7, 11) is 0. The Bertz CT molecular complexity index is 797. The third-order valence-electron chi connectivity index (χ3n) is 3.35. The summed E-state index contributed by atoms with van der Waals surface area (Å²) in [4.78, 5) is 19.9. The van der Waals surface area contributed by atoms with Crippen LogP contribution in [0.25, 0.3) is 11.3 Å². The standard InChI is InChI=1S/C18H17N3OS2/c1-2-10-21(12-15-9-6-11-23-15)18(22)20-17-19-16(13-24-17)14-7-4-3-5-8-14/h2-9,11,13H,1,10,12H2,(H,19,20,22). The number of carbonyl (C=O) groups excluding carboxylic acids is 1. The average molecular weight is 355 g/mol. The Balaban J connectivity index is 1.68. The molecule has 3 aromatic rings. The first-order valence-corrected chi connectivity index (χ1v) is 9.22. The molecule has 0 bridgehead atoms. The summed E-state index contributed by atoms with van der Waals surface area (Å²) in [5.41, 5.74) is 1.90. The van der Waals surface area contributed by atoms with Crippen LogP contribution in [-0.2, 0) is 6.54 Å². The van der Waals surface area contributed by atoms with E-state index >= 15 is 0 Å². The Morgan fingerprint density at radius 1 is 1.21 bits per heavy atom.